The Kier molecular flexibility index (Phi) is 5.52. The van der Waals surface area contributed by atoms with Crippen molar-refractivity contribution in [1.82, 2.24) is 15.2 Å². The fourth-order valence-electron chi connectivity index (χ4n) is 2.21. The number of nitrogens with zero attached hydrogens (tertiary/aromatic N) is 3. The van der Waals surface area contributed by atoms with E-state index in [0.29, 0.717) is 23.8 Å². The zero-order valence-electron chi connectivity index (χ0n) is 13.3. The summed E-state index contributed by atoms with van der Waals surface area (Å²) in [5.74, 6) is -3.86. The quantitative estimate of drug-likeness (QED) is 0.624. The van der Waals surface area contributed by atoms with Crippen LogP contribution in [0.3, 0.4) is 0 Å². The minimum Gasteiger partial charge on any atom is -0.368 e. The molecule has 9 heteroatoms. The van der Waals surface area contributed by atoms with Crippen LogP contribution in [0.5, 0.6) is 0 Å². The predicted molar refractivity (Wildman–Crippen MR) is 93.1 cm³/mol. The van der Waals surface area contributed by atoms with Crippen LogP contribution < -0.4 is 10.6 Å². The van der Waals surface area contributed by atoms with E-state index in [0.717, 1.165) is 17.7 Å². The first-order valence-electron chi connectivity index (χ1n) is 7.61. The number of aromatic nitrogens is 3. The Balaban J connectivity index is 1.64. The van der Waals surface area contributed by atoms with E-state index in [4.69, 9.17) is 11.6 Å². The largest absolute Gasteiger partial charge is 0.368 e. The maximum absolute atomic E-state index is 13.7. The molecule has 2 aromatic carbocycles. The van der Waals surface area contributed by atoms with Crippen molar-refractivity contribution in [2.75, 3.05) is 17.2 Å². The van der Waals surface area contributed by atoms with Crippen LogP contribution in [0.15, 0.2) is 42.6 Å². The van der Waals surface area contributed by atoms with Crippen molar-refractivity contribution < 1.29 is 13.2 Å². The molecule has 0 aliphatic carbocycles. The van der Waals surface area contributed by atoms with Gasteiger partial charge in [-0.3, -0.25) is 0 Å². The highest BCUT2D eigenvalue weighted by Crippen LogP contribution is 2.22. The fraction of sp³-hybridized carbons (Fsp3) is 0.118. The first-order valence-corrected chi connectivity index (χ1v) is 7.99. The minimum atomic E-state index is -1.57. The zero-order valence-corrected chi connectivity index (χ0v) is 14.1. The van der Waals surface area contributed by atoms with Crippen molar-refractivity contribution in [3.8, 4) is 0 Å². The Morgan fingerprint density at radius 3 is 2.69 bits per heavy atom. The predicted octanol–water partition coefficient (Wildman–Crippen LogP) is 4.34. The Hall–Kier alpha value is -2.87. The number of halogens is 4. The molecule has 0 saturated carbocycles. The summed E-state index contributed by atoms with van der Waals surface area (Å²) in [4.78, 5) is 4.11. The lowest BCUT2D eigenvalue weighted by Crippen LogP contribution is -2.09. The summed E-state index contributed by atoms with van der Waals surface area (Å²) in [6.07, 6.45) is 2.09. The van der Waals surface area contributed by atoms with Crippen LogP contribution in [0.2, 0.25) is 5.02 Å². The number of anilines is 3. The molecule has 1 aromatic heterocycles. The van der Waals surface area contributed by atoms with Crippen LogP contribution in [0, 0.1) is 17.5 Å². The van der Waals surface area contributed by atoms with Gasteiger partial charge in [0.25, 0.3) is 0 Å². The van der Waals surface area contributed by atoms with Crippen LogP contribution >= 0.6 is 11.6 Å². The monoisotopic (exact) mass is 379 g/mol. The third-order valence-corrected chi connectivity index (χ3v) is 3.68. The molecular formula is C17H13ClF3N5. The van der Waals surface area contributed by atoms with Gasteiger partial charge in [-0.2, -0.15) is 10.1 Å². The van der Waals surface area contributed by atoms with E-state index in [-0.39, 0.29) is 11.6 Å². The summed E-state index contributed by atoms with van der Waals surface area (Å²) >= 11 is 5.93. The Bertz CT molecular complexity index is 923. The summed E-state index contributed by atoms with van der Waals surface area (Å²) in [6.45, 7) is 0.554. The second-order valence-electron chi connectivity index (χ2n) is 5.32. The molecule has 3 rings (SSSR count). The molecular weight excluding hydrogens is 367 g/mol. The number of rotatable bonds is 6. The molecule has 0 aliphatic heterocycles. The van der Waals surface area contributed by atoms with E-state index in [1.165, 1.54) is 6.20 Å². The SMILES string of the molecule is Fc1ccc(Nc2nncc(NCCc3cccc(Cl)c3)n2)c(F)c1F. The van der Waals surface area contributed by atoms with Gasteiger partial charge in [0.15, 0.2) is 23.3 Å². The minimum absolute atomic E-state index is 0.0531. The lowest BCUT2D eigenvalue weighted by molar-refractivity contribution is 0.449. The number of nitrogens with one attached hydrogen (secondary N) is 2. The topological polar surface area (TPSA) is 62.7 Å². The van der Waals surface area contributed by atoms with Gasteiger partial charge >= 0.3 is 0 Å². The van der Waals surface area contributed by atoms with Crippen LogP contribution in [0.4, 0.5) is 30.6 Å². The van der Waals surface area contributed by atoms with Crippen LogP contribution in [-0.4, -0.2) is 21.7 Å². The van der Waals surface area contributed by atoms with Gasteiger partial charge in [0.2, 0.25) is 5.95 Å². The smallest absolute Gasteiger partial charge is 0.249 e. The molecule has 0 unspecified atom stereocenters. The molecule has 0 aliphatic rings. The Morgan fingerprint density at radius 1 is 1.04 bits per heavy atom. The highest BCUT2D eigenvalue weighted by atomic mass is 35.5. The maximum atomic E-state index is 13.7. The number of hydrogen-bond donors (Lipinski definition) is 2. The van der Waals surface area contributed by atoms with Crippen molar-refractivity contribution >= 4 is 29.1 Å². The van der Waals surface area contributed by atoms with E-state index in [9.17, 15) is 13.2 Å². The zero-order chi connectivity index (χ0) is 18.5. The standard InChI is InChI=1S/C17H13ClF3N5/c18-11-3-1-2-10(8-11)6-7-22-14-9-23-26-17(25-14)24-13-5-4-12(19)15(20)16(13)21/h1-5,8-9H,6-7H2,(H2,22,24,25,26). The van der Waals surface area contributed by atoms with Crippen molar-refractivity contribution in [2.24, 2.45) is 0 Å². The fourth-order valence-corrected chi connectivity index (χ4v) is 2.42. The van der Waals surface area contributed by atoms with E-state index in [2.05, 4.69) is 25.8 Å². The maximum Gasteiger partial charge on any atom is 0.249 e. The van der Waals surface area contributed by atoms with Crippen molar-refractivity contribution in [3.63, 3.8) is 0 Å². The molecule has 3 aromatic rings. The molecule has 26 heavy (non-hydrogen) atoms. The van der Waals surface area contributed by atoms with Crippen molar-refractivity contribution in [1.29, 1.82) is 0 Å². The lowest BCUT2D eigenvalue weighted by Gasteiger charge is -2.09. The summed E-state index contributed by atoms with van der Waals surface area (Å²) in [5.41, 5.74) is 0.760. The van der Waals surface area contributed by atoms with E-state index in [1.54, 1.807) is 6.07 Å². The molecule has 5 nitrogen and oxygen atoms in total. The number of benzene rings is 2. The number of hydrogen-bond acceptors (Lipinski definition) is 5. The summed E-state index contributed by atoms with van der Waals surface area (Å²) < 4.78 is 39.9. The molecule has 0 bridgehead atoms. The molecule has 0 atom stereocenters. The second kappa shape index (κ2) is 8.01. The van der Waals surface area contributed by atoms with Gasteiger partial charge in [0, 0.05) is 11.6 Å². The summed E-state index contributed by atoms with van der Waals surface area (Å²) in [7, 11) is 0. The normalized spacial score (nSPS) is 10.6. The van der Waals surface area contributed by atoms with Gasteiger partial charge in [-0.05, 0) is 36.2 Å². The van der Waals surface area contributed by atoms with Gasteiger partial charge in [-0.1, -0.05) is 23.7 Å². The Labute approximate surface area is 152 Å². The van der Waals surface area contributed by atoms with Gasteiger partial charge in [0.1, 0.15) is 0 Å². The average Bonchev–Trinajstić information content (AvgIpc) is 2.63. The lowest BCUT2D eigenvalue weighted by atomic mass is 10.1. The molecule has 0 spiro atoms. The molecule has 2 N–H and O–H groups in total. The van der Waals surface area contributed by atoms with Crippen LogP contribution in [-0.2, 0) is 6.42 Å². The Morgan fingerprint density at radius 2 is 1.88 bits per heavy atom. The molecule has 0 fully saturated rings. The van der Waals surface area contributed by atoms with Gasteiger partial charge in [0.05, 0.1) is 11.9 Å². The van der Waals surface area contributed by atoms with E-state index in [1.807, 2.05) is 18.2 Å². The van der Waals surface area contributed by atoms with E-state index >= 15 is 0 Å². The first-order chi connectivity index (χ1) is 12.5. The molecule has 134 valence electrons. The third-order valence-electron chi connectivity index (χ3n) is 3.45. The first kappa shape index (κ1) is 17.9. The highest BCUT2D eigenvalue weighted by Gasteiger charge is 2.14. The van der Waals surface area contributed by atoms with Crippen LogP contribution in [0.25, 0.3) is 0 Å². The molecule has 0 amide bonds. The second-order valence-corrected chi connectivity index (χ2v) is 5.76. The van der Waals surface area contributed by atoms with Crippen LogP contribution in [0.1, 0.15) is 5.56 Å². The van der Waals surface area contributed by atoms with Gasteiger partial charge in [-0.15, -0.1) is 5.10 Å². The van der Waals surface area contributed by atoms with E-state index < -0.39 is 17.5 Å². The molecule has 0 saturated heterocycles. The molecule has 1 heterocycles. The summed E-state index contributed by atoms with van der Waals surface area (Å²) in [6, 6.07) is 9.33. The third kappa shape index (κ3) is 4.40. The molecule has 0 radical (unpaired) electrons. The highest BCUT2D eigenvalue weighted by molar-refractivity contribution is 6.30. The van der Waals surface area contributed by atoms with Crippen molar-refractivity contribution in [3.05, 3.63) is 70.6 Å². The summed E-state index contributed by atoms with van der Waals surface area (Å²) in [5, 5.41) is 13.6. The van der Waals surface area contributed by atoms with Gasteiger partial charge in [-0.25, -0.2) is 13.2 Å². The average molecular weight is 380 g/mol. The van der Waals surface area contributed by atoms with Gasteiger partial charge < -0.3 is 10.6 Å². The van der Waals surface area contributed by atoms with Crippen molar-refractivity contribution in [2.45, 2.75) is 6.42 Å².